The molecule has 1 fully saturated rings. The molecule has 0 unspecified atom stereocenters. The quantitative estimate of drug-likeness (QED) is 0.638. The molecule has 0 radical (unpaired) electrons. The molecule has 0 N–H and O–H groups in total. The lowest BCUT2D eigenvalue weighted by Crippen LogP contribution is -2.31. The highest BCUT2D eigenvalue weighted by molar-refractivity contribution is 7.99. The second kappa shape index (κ2) is 4.94. The molecule has 0 spiro atoms. The summed E-state index contributed by atoms with van der Waals surface area (Å²) in [4.78, 5) is 2.56. The third-order valence-electron chi connectivity index (χ3n) is 2.47. The highest BCUT2D eigenvalue weighted by Crippen LogP contribution is 2.23. The Kier molecular flexibility index (Phi) is 4.17. The van der Waals surface area contributed by atoms with Gasteiger partial charge in [0.2, 0.25) is 0 Å². The van der Waals surface area contributed by atoms with Crippen LogP contribution in [0.2, 0.25) is 0 Å². The molecule has 0 aromatic heterocycles. The minimum Gasteiger partial charge on any atom is -0.372 e. The van der Waals surface area contributed by atoms with Gasteiger partial charge in [-0.05, 0) is 39.9 Å². The fourth-order valence-electron chi connectivity index (χ4n) is 1.73. The van der Waals surface area contributed by atoms with Gasteiger partial charge in [-0.1, -0.05) is 5.57 Å². The van der Waals surface area contributed by atoms with Crippen LogP contribution in [0.25, 0.3) is 0 Å². The molecular formula is C11H21NS. The van der Waals surface area contributed by atoms with Crippen LogP contribution < -0.4 is 0 Å². The summed E-state index contributed by atoms with van der Waals surface area (Å²) in [5, 5.41) is 0. The zero-order chi connectivity index (χ0) is 9.84. The Bertz CT molecular complexity index is 192. The molecule has 0 aromatic rings. The van der Waals surface area contributed by atoms with Crippen molar-refractivity contribution in [1.82, 2.24) is 4.90 Å². The van der Waals surface area contributed by atoms with Crippen LogP contribution in [-0.2, 0) is 0 Å². The first-order valence-corrected chi connectivity index (χ1v) is 6.29. The molecule has 1 rings (SSSR count). The van der Waals surface area contributed by atoms with Crippen molar-refractivity contribution < 1.29 is 0 Å². The first-order chi connectivity index (χ1) is 6.13. The Morgan fingerprint density at radius 1 is 1.38 bits per heavy atom. The molecule has 0 aliphatic carbocycles. The van der Waals surface area contributed by atoms with E-state index >= 15 is 0 Å². The van der Waals surface area contributed by atoms with E-state index < -0.39 is 0 Å². The van der Waals surface area contributed by atoms with Crippen molar-refractivity contribution in [2.45, 2.75) is 40.2 Å². The van der Waals surface area contributed by atoms with Crippen LogP contribution in [0.5, 0.6) is 0 Å². The van der Waals surface area contributed by atoms with Crippen LogP contribution in [0.15, 0.2) is 11.3 Å². The average molecular weight is 199 g/mol. The van der Waals surface area contributed by atoms with E-state index in [0.717, 1.165) is 0 Å². The minimum atomic E-state index is 0.656. The fourth-order valence-corrected chi connectivity index (χ4v) is 2.85. The molecular weight excluding hydrogens is 178 g/mol. The van der Waals surface area contributed by atoms with E-state index in [1.54, 1.807) is 5.70 Å². The van der Waals surface area contributed by atoms with Crippen molar-refractivity contribution in [3.05, 3.63) is 11.3 Å². The van der Waals surface area contributed by atoms with Gasteiger partial charge in [-0.25, -0.2) is 0 Å². The van der Waals surface area contributed by atoms with Crippen molar-refractivity contribution >= 4 is 11.8 Å². The maximum absolute atomic E-state index is 2.56. The zero-order valence-electron chi connectivity index (χ0n) is 9.26. The van der Waals surface area contributed by atoms with E-state index in [1.807, 2.05) is 0 Å². The van der Waals surface area contributed by atoms with E-state index in [1.165, 1.54) is 30.0 Å². The largest absolute Gasteiger partial charge is 0.372 e. The Balaban J connectivity index is 2.80. The SMILES string of the molecule is CC(C)=C1CSCCCN1C(C)C. The normalized spacial score (nSPS) is 19.2. The maximum atomic E-state index is 2.56. The first kappa shape index (κ1) is 11.0. The molecule has 2 heteroatoms. The van der Waals surface area contributed by atoms with Crippen molar-refractivity contribution in [3.63, 3.8) is 0 Å². The summed E-state index contributed by atoms with van der Waals surface area (Å²) in [6.07, 6.45) is 1.33. The monoisotopic (exact) mass is 199 g/mol. The van der Waals surface area contributed by atoms with Crippen molar-refractivity contribution in [1.29, 1.82) is 0 Å². The number of rotatable bonds is 1. The van der Waals surface area contributed by atoms with Crippen LogP contribution >= 0.6 is 11.8 Å². The number of nitrogens with zero attached hydrogens (tertiary/aromatic N) is 1. The van der Waals surface area contributed by atoms with Gasteiger partial charge in [0.15, 0.2) is 0 Å². The second-order valence-corrected chi connectivity index (χ2v) is 5.25. The molecule has 0 atom stereocenters. The van der Waals surface area contributed by atoms with Gasteiger partial charge in [0, 0.05) is 24.0 Å². The highest BCUT2D eigenvalue weighted by atomic mass is 32.2. The van der Waals surface area contributed by atoms with Gasteiger partial charge in [-0.3, -0.25) is 0 Å². The maximum Gasteiger partial charge on any atom is 0.0334 e. The molecule has 1 aliphatic rings. The average Bonchev–Trinajstić information content (AvgIpc) is 2.27. The Morgan fingerprint density at radius 3 is 2.62 bits per heavy atom. The van der Waals surface area contributed by atoms with Crippen LogP contribution in [0.1, 0.15) is 34.1 Å². The second-order valence-electron chi connectivity index (χ2n) is 4.14. The van der Waals surface area contributed by atoms with Gasteiger partial charge in [-0.15, -0.1) is 0 Å². The van der Waals surface area contributed by atoms with Crippen LogP contribution in [0, 0.1) is 0 Å². The predicted octanol–water partition coefficient (Wildman–Crippen LogP) is 3.13. The molecule has 1 saturated heterocycles. The van der Waals surface area contributed by atoms with Crippen LogP contribution in [0.4, 0.5) is 0 Å². The van der Waals surface area contributed by atoms with Crippen molar-refractivity contribution in [3.8, 4) is 0 Å². The summed E-state index contributed by atoms with van der Waals surface area (Å²) in [6.45, 7) is 10.3. The van der Waals surface area contributed by atoms with E-state index in [-0.39, 0.29) is 0 Å². The molecule has 13 heavy (non-hydrogen) atoms. The topological polar surface area (TPSA) is 3.24 Å². The Hall–Kier alpha value is -0.110. The summed E-state index contributed by atoms with van der Waals surface area (Å²) in [5.74, 6) is 2.53. The smallest absolute Gasteiger partial charge is 0.0334 e. The lowest BCUT2D eigenvalue weighted by atomic mass is 10.2. The van der Waals surface area contributed by atoms with E-state index in [4.69, 9.17) is 0 Å². The predicted molar refractivity (Wildman–Crippen MR) is 62.2 cm³/mol. The minimum absolute atomic E-state index is 0.656. The van der Waals surface area contributed by atoms with Crippen LogP contribution in [-0.4, -0.2) is 29.0 Å². The third kappa shape index (κ3) is 2.94. The molecule has 0 amide bonds. The fraction of sp³-hybridized carbons (Fsp3) is 0.818. The molecule has 1 heterocycles. The number of hydrogen-bond acceptors (Lipinski definition) is 2. The van der Waals surface area contributed by atoms with E-state index in [0.29, 0.717) is 6.04 Å². The summed E-state index contributed by atoms with van der Waals surface area (Å²) in [6, 6.07) is 0.656. The molecule has 76 valence electrons. The number of thioether (sulfide) groups is 1. The first-order valence-electron chi connectivity index (χ1n) is 5.13. The van der Waals surface area contributed by atoms with Gasteiger partial charge in [0.1, 0.15) is 0 Å². The van der Waals surface area contributed by atoms with Gasteiger partial charge >= 0.3 is 0 Å². The molecule has 1 aliphatic heterocycles. The lowest BCUT2D eigenvalue weighted by Gasteiger charge is -2.30. The zero-order valence-corrected chi connectivity index (χ0v) is 10.1. The third-order valence-corrected chi connectivity index (χ3v) is 3.53. The van der Waals surface area contributed by atoms with E-state index in [2.05, 4.69) is 44.4 Å². The van der Waals surface area contributed by atoms with Gasteiger partial charge in [-0.2, -0.15) is 11.8 Å². The Morgan fingerprint density at radius 2 is 2.08 bits per heavy atom. The number of allylic oxidation sites excluding steroid dienone is 1. The van der Waals surface area contributed by atoms with Gasteiger partial charge < -0.3 is 4.90 Å². The Labute approximate surface area is 86.6 Å². The summed E-state index contributed by atoms with van der Waals surface area (Å²) in [7, 11) is 0. The molecule has 0 saturated carbocycles. The summed E-state index contributed by atoms with van der Waals surface area (Å²) in [5.41, 5.74) is 3.06. The standard InChI is InChI=1S/C11H21NS/c1-9(2)11-8-13-7-5-6-12(11)10(3)4/h10H,5-8H2,1-4H3. The molecule has 0 aromatic carbocycles. The summed E-state index contributed by atoms with van der Waals surface area (Å²) >= 11 is 2.07. The summed E-state index contributed by atoms with van der Waals surface area (Å²) < 4.78 is 0. The highest BCUT2D eigenvalue weighted by Gasteiger charge is 2.16. The lowest BCUT2D eigenvalue weighted by molar-refractivity contribution is 0.287. The molecule has 0 bridgehead atoms. The van der Waals surface area contributed by atoms with Crippen LogP contribution in [0.3, 0.4) is 0 Å². The van der Waals surface area contributed by atoms with Crippen molar-refractivity contribution in [2.75, 3.05) is 18.1 Å². The van der Waals surface area contributed by atoms with Gasteiger partial charge in [0.05, 0.1) is 0 Å². The van der Waals surface area contributed by atoms with Crippen molar-refractivity contribution in [2.24, 2.45) is 0 Å². The van der Waals surface area contributed by atoms with E-state index in [9.17, 15) is 0 Å². The molecule has 1 nitrogen and oxygen atoms in total. The number of hydrogen-bond donors (Lipinski definition) is 0. The van der Waals surface area contributed by atoms with Gasteiger partial charge in [0.25, 0.3) is 0 Å².